The van der Waals surface area contributed by atoms with Crippen molar-refractivity contribution in [2.45, 2.75) is 6.92 Å². The lowest BCUT2D eigenvalue weighted by atomic mass is 10.0. The molecule has 8 heteroatoms. The fourth-order valence-electron chi connectivity index (χ4n) is 2.74. The van der Waals surface area contributed by atoms with Gasteiger partial charge >= 0.3 is 11.7 Å². The SMILES string of the molecule is CCOC(=O)C1=Nc2ccccc2C1=Cc1c(O)n(C)c(=O)n(C)c1=O. The zero-order valence-electron chi connectivity index (χ0n) is 14.5. The predicted octanol–water partition coefficient (Wildman–Crippen LogP) is 0.979. The highest BCUT2D eigenvalue weighted by Crippen LogP contribution is 2.36. The fraction of sp³-hybridized carbons (Fsp3) is 0.222. The molecule has 1 aliphatic rings. The number of aromatic hydroxyl groups is 1. The van der Waals surface area contributed by atoms with Gasteiger partial charge in [-0.2, -0.15) is 0 Å². The highest BCUT2D eigenvalue weighted by molar-refractivity contribution is 6.58. The number of hydrogen-bond acceptors (Lipinski definition) is 6. The van der Waals surface area contributed by atoms with Crippen molar-refractivity contribution < 1.29 is 14.6 Å². The van der Waals surface area contributed by atoms with E-state index < -0.39 is 23.1 Å². The Morgan fingerprint density at radius 2 is 1.92 bits per heavy atom. The Bertz CT molecular complexity index is 1090. The first-order valence-electron chi connectivity index (χ1n) is 7.93. The third kappa shape index (κ3) is 2.65. The largest absolute Gasteiger partial charge is 0.494 e. The third-order valence-electron chi connectivity index (χ3n) is 4.11. The van der Waals surface area contributed by atoms with E-state index in [4.69, 9.17) is 4.74 Å². The molecule has 1 aromatic carbocycles. The number of aromatic nitrogens is 2. The molecule has 3 rings (SSSR count). The van der Waals surface area contributed by atoms with Crippen molar-refractivity contribution in [3.8, 4) is 5.88 Å². The Kier molecular flexibility index (Phi) is 4.33. The number of para-hydroxylation sites is 1. The highest BCUT2D eigenvalue weighted by Gasteiger charge is 2.28. The van der Waals surface area contributed by atoms with Gasteiger partial charge in [-0.3, -0.25) is 13.9 Å². The second-order valence-corrected chi connectivity index (χ2v) is 5.70. The van der Waals surface area contributed by atoms with Crippen molar-refractivity contribution in [1.82, 2.24) is 9.13 Å². The van der Waals surface area contributed by atoms with Gasteiger partial charge in [0.2, 0.25) is 5.88 Å². The molecule has 0 spiro atoms. The van der Waals surface area contributed by atoms with Crippen LogP contribution in [-0.4, -0.2) is 32.5 Å². The maximum Gasteiger partial charge on any atom is 0.357 e. The average Bonchev–Trinajstić information content (AvgIpc) is 3.01. The van der Waals surface area contributed by atoms with Crippen molar-refractivity contribution in [3.63, 3.8) is 0 Å². The first-order chi connectivity index (χ1) is 12.4. The van der Waals surface area contributed by atoms with Crippen molar-refractivity contribution in [2.24, 2.45) is 19.1 Å². The summed E-state index contributed by atoms with van der Waals surface area (Å²) >= 11 is 0. The molecule has 0 saturated heterocycles. The standard InChI is InChI=1S/C18H17N3O5/c1-4-26-17(24)14-11(10-7-5-6-8-13(10)19-14)9-12-15(22)20(2)18(25)21(3)16(12)23/h5-9,22H,4H2,1-3H3. The lowest BCUT2D eigenvalue weighted by Gasteiger charge is -2.09. The lowest BCUT2D eigenvalue weighted by Crippen LogP contribution is -2.38. The maximum atomic E-state index is 12.5. The normalized spacial score (nSPS) is 14.3. The minimum Gasteiger partial charge on any atom is -0.494 e. The molecule has 0 amide bonds. The van der Waals surface area contributed by atoms with E-state index in [0.717, 1.165) is 9.13 Å². The molecule has 0 radical (unpaired) electrons. The van der Waals surface area contributed by atoms with Gasteiger partial charge in [0, 0.05) is 25.2 Å². The maximum absolute atomic E-state index is 12.5. The molecule has 1 N–H and O–H groups in total. The monoisotopic (exact) mass is 355 g/mol. The topological polar surface area (TPSA) is 103 Å². The number of benzene rings is 1. The van der Waals surface area contributed by atoms with E-state index in [1.807, 2.05) is 0 Å². The Morgan fingerprint density at radius 3 is 2.62 bits per heavy atom. The Morgan fingerprint density at radius 1 is 1.23 bits per heavy atom. The van der Waals surface area contributed by atoms with Crippen molar-refractivity contribution >= 4 is 29.0 Å². The molecular formula is C18H17N3O5. The molecule has 8 nitrogen and oxygen atoms in total. The summed E-state index contributed by atoms with van der Waals surface area (Å²) in [5.74, 6) is -1.12. The van der Waals surface area contributed by atoms with E-state index in [0.29, 0.717) is 16.8 Å². The van der Waals surface area contributed by atoms with Crippen LogP contribution in [0.3, 0.4) is 0 Å². The number of nitrogens with zero attached hydrogens (tertiary/aromatic N) is 3. The quantitative estimate of drug-likeness (QED) is 0.827. The van der Waals surface area contributed by atoms with Gasteiger partial charge in [0.05, 0.1) is 12.3 Å². The number of carbonyl (C=O) groups excluding carboxylic acids is 1. The van der Waals surface area contributed by atoms with E-state index in [1.165, 1.54) is 20.2 Å². The van der Waals surface area contributed by atoms with Gasteiger partial charge in [0.1, 0.15) is 5.56 Å². The van der Waals surface area contributed by atoms with Crippen LogP contribution in [0, 0.1) is 0 Å². The van der Waals surface area contributed by atoms with Crippen LogP contribution < -0.4 is 11.2 Å². The summed E-state index contributed by atoms with van der Waals surface area (Å²) in [4.78, 5) is 40.9. The minimum atomic E-state index is -0.675. The van der Waals surface area contributed by atoms with Crippen LogP contribution in [0.2, 0.25) is 0 Å². The smallest absolute Gasteiger partial charge is 0.357 e. The van der Waals surface area contributed by atoms with E-state index in [-0.39, 0.29) is 17.9 Å². The second kappa shape index (κ2) is 6.47. The van der Waals surface area contributed by atoms with Crippen molar-refractivity contribution in [3.05, 3.63) is 56.2 Å². The number of carbonyl (C=O) groups is 1. The van der Waals surface area contributed by atoms with Crippen LogP contribution in [0.15, 0.2) is 38.8 Å². The summed E-state index contributed by atoms with van der Waals surface area (Å²) in [6, 6.07) is 7.03. The van der Waals surface area contributed by atoms with Crippen molar-refractivity contribution in [2.75, 3.05) is 6.61 Å². The number of aliphatic imine (C=N–C) groups is 1. The van der Waals surface area contributed by atoms with E-state index >= 15 is 0 Å². The zero-order valence-corrected chi connectivity index (χ0v) is 14.5. The fourth-order valence-corrected chi connectivity index (χ4v) is 2.74. The van der Waals surface area contributed by atoms with Crippen LogP contribution in [0.1, 0.15) is 18.1 Å². The number of rotatable bonds is 3. The van der Waals surface area contributed by atoms with Gasteiger partial charge in [0.15, 0.2) is 5.71 Å². The number of ether oxygens (including phenoxy) is 1. The van der Waals surface area contributed by atoms with Gasteiger partial charge in [-0.25, -0.2) is 14.6 Å². The number of hydrogen-bond donors (Lipinski definition) is 1. The summed E-state index contributed by atoms with van der Waals surface area (Å²) < 4.78 is 6.88. The Hall–Kier alpha value is -3.42. The predicted molar refractivity (Wildman–Crippen MR) is 96.6 cm³/mol. The Labute approximate surface area is 148 Å². The van der Waals surface area contributed by atoms with Gasteiger partial charge < -0.3 is 9.84 Å². The Balaban J connectivity index is 2.28. The van der Waals surface area contributed by atoms with E-state index in [2.05, 4.69) is 4.99 Å². The molecule has 0 atom stereocenters. The molecule has 0 saturated carbocycles. The molecule has 1 aromatic heterocycles. The van der Waals surface area contributed by atoms with Crippen LogP contribution in [0.5, 0.6) is 5.88 Å². The van der Waals surface area contributed by atoms with Gasteiger partial charge in [0.25, 0.3) is 5.56 Å². The first kappa shape index (κ1) is 17.4. The molecule has 2 aromatic rings. The van der Waals surface area contributed by atoms with Gasteiger partial charge in [-0.1, -0.05) is 18.2 Å². The van der Waals surface area contributed by atoms with Crippen LogP contribution in [0.25, 0.3) is 11.6 Å². The summed E-state index contributed by atoms with van der Waals surface area (Å²) in [6.45, 7) is 1.85. The lowest BCUT2D eigenvalue weighted by molar-refractivity contribution is -0.134. The molecule has 2 heterocycles. The number of esters is 1. The molecule has 134 valence electrons. The molecular weight excluding hydrogens is 338 g/mol. The first-order valence-corrected chi connectivity index (χ1v) is 7.93. The molecule has 0 aliphatic carbocycles. The zero-order chi connectivity index (χ0) is 19.0. The van der Waals surface area contributed by atoms with Crippen molar-refractivity contribution in [1.29, 1.82) is 0 Å². The third-order valence-corrected chi connectivity index (χ3v) is 4.11. The molecule has 0 fully saturated rings. The minimum absolute atomic E-state index is 0.0448. The van der Waals surface area contributed by atoms with Crippen LogP contribution in [-0.2, 0) is 23.6 Å². The van der Waals surface area contributed by atoms with Crippen LogP contribution in [0.4, 0.5) is 5.69 Å². The van der Waals surface area contributed by atoms with Crippen LogP contribution >= 0.6 is 0 Å². The summed E-state index contributed by atoms with van der Waals surface area (Å²) in [5.41, 5.74) is 0.145. The molecule has 0 bridgehead atoms. The van der Waals surface area contributed by atoms with E-state index in [1.54, 1.807) is 31.2 Å². The number of fused-ring (bicyclic) bond motifs is 1. The summed E-state index contributed by atoms with van der Waals surface area (Å²) in [5, 5.41) is 10.3. The highest BCUT2D eigenvalue weighted by atomic mass is 16.5. The van der Waals surface area contributed by atoms with E-state index in [9.17, 15) is 19.5 Å². The average molecular weight is 355 g/mol. The molecule has 0 unspecified atom stereocenters. The van der Waals surface area contributed by atoms with Gasteiger partial charge in [-0.15, -0.1) is 0 Å². The summed E-state index contributed by atoms with van der Waals surface area (Å²) in [7, 11) is 2.66. The second-order valence-electron chi connectivity index (χ2n) is 5.70. The molecule has 26 heavy (non-hydrogen) atoms. The molecule has 1 aliphatic heterocycles. The van der Waals surface area contributed by atoms with Gasteiger partial charge in [-0.05, 0) is 19.1 Å². The summed E-state index contributed by atoms with van der Waals surface area (Å²) in [6.07, 6.45) is 1.36.